The van der Waals surface area contributed by atoms with Crippen molar-refractivity contribution in [1.82, 2.24) is 20.4 Å². The Labute approximate surface area is 154 Å². The molecule has 0 aliphatic heterocycles. The minimum atomic E-state index is -0.420. The van der Waals surface area contributed by atoms with Crippen molar-refractivity contribution in [2.24, 2.45) is 5.92 Å². The zero-order valence-electron chi connectivity index (χ0n) is 15.1. The summed E-state index contributed by atoms with van der Waals surface area (Å²) < 4.78 is 1.83. The summed E-state index contributed by atoms with van der Waals surface area (Å²) in [5.41, 5.74) is 1.93. The lowest BCUT2D eigenvalue weighted by atomic mass is 9.97. The predicted molar refractivity (Wildman–Crippen MR) is 99.8 cm³/mol. The number of carbonyl (C=O) groups is 2. The molecule has 1 aromatic carbocycles. The number of rotatable bonds is 7. The number of nitrogens with zero attached hydrogens (tertiary/aromatic N) is 2. The largest absolute Gasteiger partial charge is 0.354 e. The molecule has 1 aliphatic rings. The van der Waals surface area contributed by atoms with Crippen molar-refractivity contribution >= 4 is 11.8 Å². The summed E-state index contributed by atoms with van der Waals surface area (Å²) in [7, 11) is 0. The van der Waals surface area contributed by atoms with Gasteiger partial charge in [0.05, 0.1) is 11.4 Å². The minimum absolute atomic E-state index is 0.0883. The molecule has 1 aliphatic carbocycles. The van der Waals surface area contributed by atoms with Crippen LogP contribution in [0.2, 0.25) is 0 Å². The quantitative estimate of drug-likeness (QED) is 0.800. The molecule has 1 aromatic heterocycles. The van der Waals surface area contributed by atoms with Gasteiger partial charge in [-0.1, -0.05) is 31.0 Å². The van der Waals surface area contributed by atoms with Crippen LogP contribution < -0.4 is 10.6 Å². The number of amides is 2. The minimum Gasteiger partial charge on any atom is -0.354 e. The fourth-order valence-electron chi connectivity index (χ4n) is 3.55. The van der Waals surface area contributed by atoms with Gasteiger partial charge < -0.3 is 10.6 Å². The highest BCUT2D eigenvalue weighted by Crippen LogP contribution is 2.27. The second kappa shape index (κ2) is 8.65. The van der Waals surface area contributed by atoms with Crippen LogP contribution in [0, 0.1) is 5.92 Å². The molecule has 0 spiro atoms. The first kappa shape index (κ1) is 18.2. The van der Waals surface area contributed by atoms with Crippen LogP contribution in [0.1, 0.15) is 38.3 Å². The second-order valence-electron chi connectivity index (χ2n) is 6.85. The monoisotopic (exact) mass is 354 g/mol. The SMILES string of the molecule is CC(=O)N[C@@H](C(=O)NCCc1ccn(-c2ccccc2)n1)C1CCCC1. The van der Waals surface area contributed by atoms with E-state index < -0.39 is 6.04 Å². The van der Waals surface area contributed by atoms with E-state index in [2.05, 4.69) is 15.7 Å². The van der Waals surface area contributed by atoms with Gasteiger partial charge in [-0.3, -0.25) is 9.59 Å². The number of carbonyl (C=O) groups excluding carboxylic acids is 2. The van der Waals surface area contributed by atoms with Gasteiger partial charge in [-0.05, 0) is 37.0 Å². The molecule has 2 N–H and O–H groups in total. The van der Waals surface area contributed by atoms with E-state index in [4.69, 9.17) is 0 Å². The van der Waals surface area contributed by atoms with Crippen LogP contribution in [0.15, 0.2) is 42.6 Å². The fourth-order valence-corrected chi connectivity index (χ4v) is 3.55. The van der Waals surface area contributed by atoms with Crippen molar-refractivity contribution in [1.29, 1.82) is 0 Å². The lowest BCUT2D eigenvalue weighted by Gasteiger charge is -2.23. The summed E-state index contributed by atoms with van der Waals surface area (Å²) in [6.45, 7) is 1.97. The molecule has 1 heterocycles. The highest BCUT2D eigenvalue weighted by atomic mass is 16.2. The van der Waals surface area contributed by atoms with Gasteiger partial charge in [0.1, 0.15) is 6.04 Å². The van der Waals surface area contributed by atoms with E-state index in [1.165, 1.54) is 6.92 Å². The molecule has 6 nitrogen and oxygen atoms in total. The number of hydrogen-bond acceptors (Lipinski definition) is 3. The maximum atomic E-state index is 12.5. The molecule has 1 saturated carbocycles. The van der Waals surface area contributed by atoms with Gasteiger partial charge in [0.2, 0.25) is 11.8 Å². The van der Waals surface area contributed by atoms with Gasteiger partial charge in [-0.25, -0.2) is 4.68 Å². The van der Waals surface area contributed by atoms with Gasteiger partial charge >= 0.3 is 0 Å². The van der Waals surface area contributed by atoms with Crippen LogP contribution in [0.4, 0.5) is 0 Å². The predicted octanol–water partition coefficient (Wildman–Crippen LogP) is 2.23. The van der Waals surface area contributed by atoms with E-state index in [0.717, 1.165) is 37.1 Å². The molecular weight excluding hydrogens is 328 g/mol. The molecule has 0 unspecified atom stereocenters. The van der Waals surface area contributed by atoms with E-state index in [9.17, 15) is 9.59 Å². The van der Waals surface area contributed by atoms with E-state index in [0.29, 0.717) is 13.0 Å². The average Bonchev–Trinajstić information content (AvgIpc) is 3.32. The Hall–Kier alpha value is -2.63. The summed E-state index contributed by atoms with van der Waals surface area (Å²) in [5.74, 6) is 0.00411. The molecule has 138 valence electrons. The number of para-hydroxylation sites is 1. The Morgan fingerprint density at radius 2 is 1.92 bits per heavy atom. The summed E-state index contributed by atoms with van der Waals surface area (Å²) in [6, 6.07) is 11.5. The fraction of sp³-hybridized carbons (Fsp3) is 0.450. The Kier molecular flexibility index (Phi) is 6.04. The number of hydrogen-bond donors (Lipinski definition) is 2. The van der Waals surface area contributed by atoms with Crippen molar-refractivity contribution in [2.75, 3.05) is 6.54 Å². The smallest absolute Gasteiger partial charge is 0.242 e. The number of aromatic nitrogens is 2. The lowest BCUT2D eigenvalue weighted by molar-refractivity contribution is -0.129. The standard InChI is InChI=1S/C20H26N4O2/c1-15(25)22-19(16-7-5-6-8-16)20(26)21-13-11-17-12-14-24(23-17)18-9-3-2-4-10-18/h2-4,9-10,12,14,16,19H,5-8,11,13H2,1H3,(H,21,26)(H,22,25)/t19-/m1/s1. The van der Waals surface area contributed by atoms with Crippen LogP contribution in [-0.4, -0.2) is 34.2 Å². The maximum Gasteiger partial charge on any atom is 0.242 e. The van der Waals surface area contributed by atoms with Gasteiger partial charge in [-0.2, -0.15) is 5.10 Å². The Bertz CT molecular complexity index is 735. The van der Waals surface area contributed by atoms with Crippen LogP contribution in [-0.2, 0) is 16.0 Å². The van der Waals surface area contributed by atoms with Crippen LogP contribution in [0.5, 0.6) is 0 Å². The van der Waals surface area contributed by atoms with Crippen LogP contribution in [0.3, 0.4) is 0 Å². The average molecular weight is 354 g/mol. The van der Waals surface area contributed by atoms with Crippen molar-refractivity contribution < 1.29 is 9.59 Å². The Morgan fingerprint density at radius 1 is 1.19 bits per heavy atom. The summed E-state index contributed by atoms with van der Waals surface area (Å²) in [5, 5.41) is 10.3. The Balaban J connectivity index is 1.52. The van der Waals surface area contributed by atoms with Crippen LogP contribution in [0.25, 0.3) is 5.69 Å². The molecule has 0 radical (unpaired) electrons. The van der Waals surface area contributed by atoms with Gasteiger partial charge in [-0.15, -0.1) is 0 Å². The van der Waals surface area contributed by atoms with Crippen molar-refractivity contribution in [3.05, 3.63) is 48.3 Å². The summed E-state index contributed by atoms with van der Waals surface area (Å²) >= 11 is 0. The molecule has 1 fully saturated rings. The van der Waals surface area contributed by atoms with Crippen molar-refractivity contribution in [3.63, 3.8) is 0 Å². The normalized spacial score (nSPS) is 15.6. The number of nitrogens with one attached hydrogen (secondary N) is 2. The third-order valence-corrected chi connectivity index (χ3v) is 4.86. The van der Waals surface area contributed by atoms with Crippen molar-refractivity contribution in [3.8, 4) is 5.69 Å². The highest BCUT2D eigenvalue weighted by Gasteiger charge is 2.31. The first-order chi connectivity index (χ1) is 12.6. The molecule has 2 amide bonds. The maximum absolute atomic E-state index is 12.5. The van der Waals surface area contributed by atoms with Gasteiger partial charge in [0.15, 0.2) is 0 Å². The molecule has 3 rings (SSSR count). The third-order valence-electron chi connectivity index (χ3n) is 4.86. The van der Waals surface area contributed by atoms with Crippen LogP contribution >= 0.6 is 0 Å². The Morgan fingerprint density at radius 3 is 2.62 bits per heavy atom. The second-order valence-corrected chi connectivity index (χ2v) is 6.85. The molecule has 1 atom stereocenters. The zero-order valence-corrected chi connectivity index (χ0v) is 15.1. The van der Waals surface area contributed by atoms with E-state index in [-0.39, 0.29) is 17.7 Å². The molecule has 0 saturated heterocycles. The zero-order chi connectivity index (χ0) is 18.4. The summed E-state index contributed by atoms with van der Waals surface area (Å²) in [6.07, 6.45) is 6.84. The first-order valence-corrected chi connectivity index (χ1v) is 9.28. The first-order valence-electron chi connectivity index (χ1n) is 9.28. The molecule has 26 heavy (non-hydrogen) atoms. The molecule has 2 aromatic rings. The van der Waals surface area contributed by atoms with E-state index >= 15 is 0 Å². The lowest BCUT2D eigenvalue weighted by Crippen LogP contribution is -2.50. The van der Waals surface area contributed by atoms with Gasteiger partial charge in [0.25, 0.3) is 0 Å². The summed E-state index contributed by atoms with van der Waals surface area (Å²) in [4.78, 5) is 24.0. The third kappa shape index (κ3) is 4.71. The number of benzene rings is 1. The van der Waals surface area contributed by atoms with E-state index in [1.54, 1.807) is 0 Å². The van der Waals surface area contributed by atoms with Gasteiger partial charge in [0, 0.05) is 26.1 Å². The van der Waals surface area contributed by atoms with Crippen molar-refractivity contribution in [2.45, 2.75) is 45.1 Å². The highest BCUT2D eigenvalue weighted by molar-refractivity contribution is 5.87. The molecule has 0 bridgehead atoms. The molecular formula is C20H26N4O2. The topological polar surface area (TPSA) is 76.0 Å². The molecule has 6 heteroatoms. The van der Waals surface area contributed by atoms with E-state index in [1.807, 2.05) is 47.3 Å².